The topological polar surface area (TPSA) is 55.8 Å². The van der Waals surface area contributed by atoms with Gasteiger partial charge in [-0.15, -0.1) is 0 Å². The fourth-order valence-electron chi connectivity index (χ4n) is 2.37. The third-order valence-electron chi connectivity index (χ3n) is 3.60. The van der Waals surface area contributed by atoms with Crippen LogP contribution in [-0.2, 0) is 16.6 Å². The Bertz CT molecular complexity index is 805. The first-order valence-corrected chi connectivity index (χ1v) is 8.97. The molecule has 7 heteroatoms. The number of nitrogens with zero attached hydrogens (tertiary/aromatic N) is 1. The lowest BCUT2D eigenvalue weighted by Crippen LogP contribution is -2.30. The van der Waals surface area contributed by atoms with E-state index in [4.69, 9.17) is 21.1 Å². The fourth-order valence-corrected chi connectivity index (χ4v) is 3.93. The lowest BCUT2D eigenvalue weighted by atomic mass is 10.2. The summed E-state index contributed by atoms with van der Waals surface area (Å²) in [6, 6.07) is 11.6. The Morgan fingerprint density at radius 2 is 1.78 bits per heavy atom. The van der Waals surface area contributed by atoms with E-state index in [2.05, 4.69) is 0 Å². The van der Waals surface area contributed by atoms with Crippen molar-refractivity contribution in [2.75, 3.05) is 13.3 Å². The first kappa shape index (κ1) is 16.1. The summed E-state index contributed by atoms with van der Waals surface area (Å²) in [4.78, 5) is 0.226. The Hall–Kier alpha value is -1.76. The molecule has 1 aliphatic heterocycles. The van der Waals surface area contributed by atoms with Crippen LogP contribution in [0.2, 0.25) is 5.02 Å². The van der Waals surface area contributed by atoms with Gasteiger partial charge in [0.1, 0.15) is 0 Å². The molecule has 2 aromatic carbocycles. The maximum absolute atomic E-state index is 12.7. The van der Waals surface area contributed by atoms with Gasteiger partial charge in [0.15, 0.2) is 11.5 Å². The molecule has 2 aromatic rings. The number of fused-ring (bicyclic) bond motifs is 1. The number of rotatable bonds is 5. The van der Waals surface area contributed by atoms with Crippen molar-refractivity contribution in [2.24, 2.45) is 0 Å². The lowest BCUT2D eigenvalue weighted by molar-refractivity contribution is 0.174. The molecule has 0 unspecified atom stereocenters. The molecule has 0 bridgehead atoms. The van der Waals surface area contributed by atoms with E-state index >= 15 is 0 Å². The molecule has 0 aliphatic carbocycles. The number of benzene rings is 2. The van der Waals surface area contributed by atoms with E-state index in [1.807, 2.05) is 12.1 Å². The molecule has 0 radical (unpaired) electrons. The molecule has 0 spiro atoms. The van der Waals surface area contributed by atoms with Crippen molar-refractivity contribution in [1.29, 1.82) is 0 Å². The molecule has 0 atom stereocenters. The molecule has 1 aliphatic rings. The second-order valence-corrected chi connectivity index (χ2v) is 7.45. The summed E-state index contributed by atoms with van der Waals surface area (Å²) in [6.45, 7) is 2.62. The van der Waals surface area contributed by atoms with Gasteiger partial charge in [-0.3, -0.25) is 0 Å². The van der Waals surface area contributed by atoms with Crippen LogP contribution in [0.15, 0.2) is 47.4 Å². The summed E-state index contributed by atoms with van der Waals surface area (Å²) in [7, 11) is -3.58. The van der Waals surface area contributed by atoms with Gasteiger partial charge < -0.3 is 9.47 Å². The summed E-state index contributed by atoms with van der Waals surface area (Å²) in [5, 5.41) is 0.503. The van der Waals surface area contributed by atoms with Gasteiger partial charge in [0.05, 0.1) is 4.90 Å². The number of ether oxygens (including phenoxy) is 2. The smallest absolute Gasteiger partial charge is 0.243 e. The Labute approximate surface area is 140 Å². The maximum Gasteiger partial charge on any atom is 0.243 e. The van der Waals surface area contributed by atoms with E-state index in [0.717, 1.165) is 5.56 Å². The number of hydrogen-bond acceptors (Lipinski definition) is 4. The molecule has 0 aromatic heterocycles. The van der Waals surface area contributed by atoms with Gasteiger partial charge in [0.2, 0.25) is 16.8 Å². The number of sulfonamides is 1. The zero-order valence-electron chi connectivity index (χ0n) is 12.5. The van der Waals surface area contributed by atoms with Crippen LogP contribution in [0.1, 0.15) is 12.5 Å². The molecule has 0 N–H and O–H groups in total. The van der Waals surface area contributed by atoms with Gasteiger partial charge in [0.25, 0.3) is 0 Å². The molecule has 3 rings (SSSR count). The van der Waals surface area contributed by atoms with E-state index in [1.165, 1.54) is 16.4 Å². The zero-order chi connectivity index (χ0) is 16.4. The molecule has 122 valence electrons. The molecule has 5 nitrogen and oxygen atoms in total. The van der Waals surface area contributed by atoms with Crippen molar-refractivity contribution in [3.05, 3.63) is 53.1 Å². The van der Waals surface area contributed by atoms with Crippen LogP contribution in [0.25, 0.3) is 0 Å². The second kappa shape index (κ2) is 6.39. The summed E-state index contributed by atoms with van der Waals surface area (Å²) >= 11 is 5.82. The summed E-state index contributed by atoms with van der Waals surface area (Å²) in [6.07, 6.45) is 0. The SMILES string of the molecule is CCN(Cc1ccc2c(c1)OCO2)S(=O)(=O)c1ccc(Cl)cc1. The molecule has 1 heterocycles. The summed E-state index contributed by atoms with van der Waals surface area (Å²) in [5.41, 5.74) is 0.841. The first-order chi connectivity index (χ1) is 11.0. The fraction of sp³-hybridized carbons (Fsp3) is 0.250. The molecular formula is C16H16ClNO4S. The van der Waals surface area contributed by atoms with E-state index < -0.39 is 10.0 Å². The average Bonchev–Trinajstić information content (AvgIpc) is 3.00. The normalized spacial score (nSPS) is 13.5. The highest BCUT2D eigenvalue weighted by atomic mass is 35.5. The molecule has 0 fully saturated rings. The van der Waals surface area contributed by atoms with Gasteiger partial charge in [-0.1, -0.05) is 24.6 Å². The first-order valence-electron chi connectivity index (χ1n) is 7.15. The van der Waals surface area contributed by atoms with Crippen LogP contribution < -0.4 is 9.47 Å². The third kappa shape index (κ3) is 3.29. The monoisotopic (exact) mass is 353 g/mol. The lowest BCUT2D eigenvalue weighted by Gasteiger charge is -2.20. The molecule has 0 saturated heterocycles. The summed E-state index contributed by atoms with van der Waals surface area (Å²) in [5.74, 6) is 1.32. The zero-order valence-corrected chi connectivity index (χ0v) is 14.1. The third-order valence-corrected chi connectivity index (χ3v) is 5.79. The Morgan fingerprint density at radius 3 is 2.48 bits per heavy atom. The van der Waals surface area contributed by atoms with Crippen LogP contribution in [0.5, 0.6) is 11.5 Å². The van der Waals surface area contributed by atoms with E-state index in [9.17, 15) is 8.42 Å². The van der Waals surface area contributed by atoms with Gasteiger partial charge in [-0.05, 0) is 42.0 Å². The van der Waals surface area contributed by atoms with Crippen molar-refractivity contribution in [1.82, 2.24) is 4.31 Å². The van der Waals surface area contributed by atoms with Crippen LogP contribution in [0.3, 0.4) is 0 Å². The minimum absolute atomic E-state index is 0.194. The average molecular weight is 354 g/mol. The van der Waals surface area contributed by atoms with Gasteiger partial charge >= 0.3 is 0 Å². The Balaban J connectivity index is 1.86. The Kier molecular flexibility index (Phi) is 4.48. The molecule has 23 heavy (non-hydrogen) atoms. The van der Waals surface area contributed by atoms with Crippen LogP contribution >= 0.6 is 11.6 Å². The van der Waals surface area contributed by atoms with Gasteiger partial charge in [0, 0.05) is 18.1 Å². The van der Waals surface area contributed by atoms with E-state index in [-0.39, 0.29) is 18.2 Å². The minimum Gasteiger partial charge on any atom is -0.454 e. The highest BCUT2D eigenvalue weighted by Gasteiger charge is 2.24. The largest absolute Gasteiger partial charge is 0.454 e. The summed E-state index contributed by atoms with van der Waals surface area (Å²) < 4.78 is 37.5. The van der Waals surface area contributed by atoms with Crippen molar-refractivity contribution < 1.29 is 17.9 Å². The quantitative estimate of drug-likeness (QED) is 0.827. The van der Waals surface area contributed by atoms with Crippen LogP contribution in [-0.4, -0.2) is 26.1 Å². The predicted octanol–water partition coefficient (Wildman–Crippen LogP) is 3.28. The number of hydrogen-bond donors (Lipinski definition) is 0. The van der Waals surface area contributed by atoms with Crippen LogP contribution in [0.4, 0.5) is 0 Å². The molecule has 0 amide bonds. The van der Waals surface area contributed by atoms with Gasteiger partial charge in [-0.25, -0.2) is 8.42 Å². The minimum atomic E-state index is -3.58. The second-order valence-electron chi connectivity index (χ2n) is 5.07. The molecule has 0 saturated carbocycles. The predicted molar refractivity (Wildman–Crippen MR) is 87.3 cm³/mol. The maximum atomic E-state index is 12.7. The van der Waals surface area contributed by atoms with Crippen molar-refractivity contribution in [3.63, 3.8) is 0 Å². The highest BCUT2D eigenvalue weighted by molar-refractivity contribution is 7.89. The van der Waals surface area contributed by atoms with Crippen molar-refractivity contribution in [2.45, 2.75) is 18.4 Å². The van der Waals surface area contributed by atoms with E-state index in [1.54, 1.807) is 25.1 Å². The molecular weight excluding hydrogens is 338 g/mol. The van der Waals surface area contributed by atoms with E-state index in [0.29, 0.717) is 23.1 Å². The van der Waals surface area contributed by atoms with Crippen molar-refractivity contribution in [3.8, 4) is 11.5 Å². The Morgan fingerprint density at radius 1 is 1.09 bits per heavy atom. The van der Waals surface area contributed by atoms with Gasteiger partial charge in [-0.2, -0.15) is 4.31 Å². The van der Waals surface area contributed by atoms with Crippen molar-refractivity contribution >= 4 is 21.6 Å². The standard InChI is InChI=1S/C16H16ClNO4S/c1-2-18(23(19,20)14-6-4-13(17)5-7-14)10-12-3-8-15-16(9-12)22-11-21-15/h3-9H,2,10-11H2,1H3. The highest BCUT2D eigenvalue weighted by Crippen LogP contribution is 2.33. The van der Waals surface area contributed by atoms with Crippen LogP contribution in [0, 0.1) is 0 Å². The number of halogens is 1.